The number of nitrogen functional groups attached to an aromatic ring is 1. The van der Waals surface area contributed by atoms with Crippen LogP contribution in [0.3, 0.4) is 0 Å². The van der Waals surface area contributed by atoms with Crippen LogP contribution in [0.5, 0.6) is 6.01 Å². The molecule has 0 saturated heterocycles. The van der Waals surface area contributed by atoms with Crippen molar-refractivity contribution >= 4 is 11.9 Å². The maximum absolute atomic E-state index is 5.65. The lowest BCUT2D eigenvalue weighted by Crippen LogP contribution is -2.20. The van der Waals surface area contributed by atoms with Crippen molar-refractivity contribution in [1.82, 2.24) is 15.0 Å². The van der Waals surface area contributed by atoms with E-state index in [1.54, 1.807) is 0 Å². The molecular formula is C13H17N5O. The summed E-state index contributed by atoms with van der Waals surface area (Å²) in [5.41, 5.74) is 6.82. The van der Waals surface area contributed by atoms with Crippen molar-refractivity contribution in [2.75, 3.05) is 24.3 Å². The smallest absolute Gasteiger partial charge is 0.323 e. The van der Waals surface area contributed by atoms with Gasteiger partial charge in [0.2, 0.25) is 11.9 Å². The lowest BCUT2D eigenvalue weighted by molar-refractivity contribution is 0.312. The van der Waals surface area contributed by atoms with Crippen molar-refractivity contribution < 1.29 is 4.74 Å². The highest BCUT2D eigenvalue weighted by atomic mass is 16.5. The van der Waals surface area contributed by atoms with Crippen LogP contribution in [0.15, 0.2) is 30.3 Å². The second kappa shape index (κ2) is 5.99. The zero-order valence-electron chi connectivity index (χ0n) is 11.1. The topological polar surface area (TPSA) is 77.2 Å². The van der Waals surface area contributed by atoms with Crippen LogP contribution < -0.4 is 15.4 Å². The van der Waals surface area contributed by atoms with Gasteiger partial charge in [0, 0.05) is 13.6 Å². The Hall–Kier alpha value is -2.37. The van der Waals surface area contributed by atoms with Gasteiger partial charge in [0.15, 0.2) is 0 Å². The van der Waals surface area contributed by atoms with Gasteiger partial charge in [-0.2, -0.15) is 15.0 Å². The second-order valence-electron chi connectivity index (χ2n) is 4.05. The van der Waals surface area contributed by atoms with Crippen LogP contribution in [0.1, 0.15) is 12.5 Å². The van der Waals surface area contributed by atoms with Gasteiger partial charge in [-0.15, -0.1) is 0 Å². The Morgan fingerprint density at radius 1 is 1.16 bits per heavy atom. The molecule has 0 amide bonds. The molecule has 0 spiro atoms. The molecule has 0 unspecified atom stereocenters. The largest absolute Gasteiger partial charge is 0.464 e. The van der Waals surface area contributed by atoms with Crippen molar-refractivity contribution in [3.63, 3.8) is 0 Å². The van der Waals surface area contributed by atoms with Crippen molar-refractivity contribution in [2.45, 2.75) is 13.5 Å². The number of anilines is 2. The van der Waals surface area contributed by atoms with E-state index in [9.17, 15) is 0 Å². The fraction of sp³-hybridized carbons (Fsp3) is 0.308. The zero-order valence-corrected chi connectivity index (χ0v) is 11.1. The Kier molecular flexibility index (Phi) is 4.12. The predicted octanol–water partition coefficient (Wildman–Crippen LogP) is 1.49. The summed E-state index contributed by atoms with van der Waals surface area (Å²) in [5, 5.41) is 0. The minimum absolute atomic E-state index is 0.161. The molecule has 2 rings (SSSR count). The average molecular weight is 259 g/mol. The molecule has 100 valence electrons. The van der Waals surface area contributed by atoms with Crippen LogP contribution >= 0.6 is 0 Å². The van der Waals surface area contributed by atoms with Crippen molar-refractivity contribution in [2.24, 2.45) is 0 Å². The molecule has 0 bridgehead atoms. The van der Waals surface area contributed by atoms with Gasteiger partial charge < -0.3 is 15.4 Å². The van der Waals surface area contributed by atoms with E-state index in [-0.39, 0.29) is 12.0 Å². The van der Waals surface area contributed by atoms with Gasteiger partial charge >= 0.3 is 6.01 Å². The first-order valence-corrected chi connectivity index (χ1v) is 6.08. The highest BCUT2D eigenvalue weighted by Crippen LogP contribution is 2.14. The number of hydrogen-bond acceptors (Lipinski definition) is 6. The fourth-order valence-corrected chi connectivity index (χ4v) is 1.65. The van der Waals surface area contributed by atoms with Gasteiger partial charge in [-0.25, -0.2) is 0 Å². The number of nitrogens with two attached hydrogens (primary N) is 1. The minimum atomic E-state index is 0.161. The SMILES string of the molecule is CCOc1nc(N)nc(N(C)Cc2ccccc2)n1. The molecule has 1 aromatic heterocycles. The third-order valence-corrected chi connectivity index (χ3v) is 2.50. The predicted molar refractivity (Wildman–Crippen MR) is 74.0 cm³/mol. The molecule has 0 fully saturated rings. The molecule has 19 heavy (non-hydrogen) atoms. The molecule has 6 heteroatoms. The quantitative estimate of drug-likeness (QED) is 0.876. The highest BCUT2D eigenvalue weighted by molar-refractivity contribution is 5.36. The summed E-state index contributed by atoms with van der Waals surface area (Å²) in [4.78, 5) is 14.2. The Morgan fingerprint density at radius 3 is 2.58 bits per heavy atom. The van der Waals surface area contributed by atoms with Crippen LogP contribution in [0, 0.1) is 0 Å². The Balaban J connectivity index is 2.16. The van der Waals surface area contributed by atoms with Crippen molar-refractivity contribution in [3.05, 3.63) is 35.9 Å². The first-order chi connectivity index (χ1) is 9.19. The van der Waals surface area contributed by atoms with E-state index in [4.69, 9.17) is 10.5 Å². The van der Waals surface area contributed by atoms with Crippen molar-refractivity contribution in [1.29, 1.82) is 0 Å². The van der Waals surface area contributed by atoms with E-state index in [0.29, 0.717) is 19.1 Å². The first-order valence-electron chi connectivity index (χ1n) is 6.08. The zero-order chi connectivity index (χ0) is 13.7. The third-order valence-electron chi connectivity index (χ3n) is 2.50. The highest BCUT2D eigenvalue weighted by Gasteiger charge is 2.09. The van der Waals surface area contributed by atoms with Crippen LogP contribution in [0.4, 0.5) is 11.9 Å². The fourth-order valence-electron chi connectivity index (χ4n) is 1.65. The molecule has 0 aliphatic rings. The van der Waals surface area contributed by atoms with Gasteiger partial charge in [-0.05, 0) is 12.5 Å². The minimum Gasteiger partial charge on any atom is -0.464 e. The monoisotopic (exact) mass is 259 g/mol. The van der Waals surface area contributed by atoms with Crippen molar-refractivity contribution in [3.8, 4) is 6.01 Å². The molecule has 1 aromatic carbocycles. The van der Waals surface area contributed by atoms with E-state index in [0.717, 1.165) is 0 Å². The maximum atomic E-state index is 5.65. The molecule has 6 nitrogen and oxygen atoms in total. The van der Waals surface area contributed by atoms with E-state index in [1.807, 2.05) is 49.2 Å². The summed E-state index contributed by atoms with van der Waals surface area (Å²) < 4.78 is 5.26. The Labute approximate surface area is 112 Å². The molecule has 0 aliphatic heterocycles. The van der Waals surface area contributed by atoms with E-state index in [1.165, 1.54) is 5.56 Å². The van der Waals surface area contributed by atoms with Crippen LogP contribution in [0.25, 0.3) is 0 Å². The van der Waals surface area contributed by atoms with Gasteiger partial charge in [0.1, 0.15) is 0 Å². The number of ether oxygens (including phenoxy) is 1. The molecule has 0 aliphatic carbocycles. The summed E-state index contributed by atoms with van der Waals surface area (Å²) in [6.07, 6.45) is 0. The number of aromatic nitrogens is 3. The van der Waals surface area contributed by atoms with Gasteiger partial charge in [0.05, 0.1) is 6.61 Å². The first kappa shape index (κ1) is 13.1. The lowest BCUT2D eigenvalue weighted by Gasteiger charge is -2.17. The number of benzene rings is 1. The number of hydrogen-bond donors (Lipinski definition) is 1. The van der Waals surface area contributed by atoms with Crippen LogP contribution in [-0.4, -0.2) is 28.6 Å². The number of rotatable bonds is 5. The van der Waals surface area contributed by atoms with Gasteiger partial charge in [-0.3, -0.25) is 0 Å². The molecule has 0 saturated carbocycles. The lowest BCUT2D eigenvalue weighted by atomic mass is 10.2. The molecule has 1 heterocycles. The van der Waals surface area contributed by atoms with Gasteiger partial charge in [0.25, 0.3) is 0 Å². The standard InChI is InChI=1S/C13H17N5O/c1-3-19-13-16-11(14)15-12(17-13)18(2)9-10-7-5-4-6-8-10/h4-8H,3,9H2,1-2H3,(H2,14,15,16,17). The molecule has 2 aromatic rings. The summed E-state index contributed by atoms with van der Waals surface area (Å²) in [6.45, 7) is 3.05. The normalized spacial score (nSPS) is 10.2. The maximum Gasteiger partial charge on any atom is 0.323 e. The van der Waals surface area contributed by atoms with E-state index < -0.39 is 0 Å². The molecular weight excluding hydrogens is 242 g/mol. The summed E-state index contributed by atoms with van der Waals surface area (Å²) in [7, 11) is 1.90. The molecule has 0 atom stereocenters. The second-order valence-corrected chi connectivity index (χ2v) is 4.05. The molecule has 0 radical (unpaired) electrons. The number of nitrogens with zero attached hydrogens (tertiary/aromatic N) is 4. The van der Waals surface area contributed by atoms with E-state index in [2.05, 4.69) is 15.0 Å². The summed E-state index contributed by atoms with van der Waals surface area (Å²) in [5.74, 6) is 0.660. The van der Waals surface area contributed by atoms with Crippen LogP contribution in [-0.2, 0) is 6.54 Å². The van der Waals surface area contributed by atoms with Gasteiger partial charge in [-0.1, -0.05) is 30.3 Å². The Morgan fingerprint density at radius 2 is 1.89 bits per heavy atom. The summed E-state index contributed by atoms with van der Waals surface area (Å²) >= 11 is 0. The average Bonchev–Trinajstić information content (AvgIpc) is 2.39. The van der Waals surface area contributed by atoms with Crippen LogP contribution in [0.2, 0.25) is 0 Å². The summed E-state index contributed by atoms with van der Waals surface area (Å²) in [6, 6.07) is 10.3. The third kappa shape index (κ3) is 3.54. The Bertz CT molecular complexity index is 532. The van der Waals surface area contributed by atoms with E-state index >= 15 is 0 Å². The molecule has 2 N–H and O–H groups in total.